The van der Waals surface area contributed by atoms with Crippen molar-refractivity contribution < 1.29 is 4.79 Å². The number of anilines is 1. The third-order valence-corrected chi connectivity index (χ3v) is 5.04. The van der Waals surface area contributed by atoms with Crippen molar-refractivity contribution in [3.05, 3.63) is 87.1 Å². The maximum atomic E-state index is 12.5. The molecule has 116 valence electrons. The smallest absolute Gasteiger partial charge is 0.265 e. The summed E-state index contributed by atoms with van der Waals surface area (Å²) in [6, 6.07) is 20.2. The highest BCUT2D eigenvalue weighted by Crippen LogP contribution is 2.24. The number of carbonyl (C=O) groups is 1. The largest absolute Gasteiger partial charge is 0.321 e. The molecule has 0 saturated heterocycles. The van der Waals surface area contributed by atoms with Gasteiger partial charge in [-0.25, -0.2) is 0 Å². The van der Waals surface area contributed by atoms with Gasteiger partial charge < -0.3 is 5.32 Å². The molecule has 1 aromatic heterocycles. The number of rotatable bonds is 4. The van der Waals surface area contributed by atoms with E-state index in [1.165, 1.54) is 21.8 Å². The molecule has 0 bridgehead atoms. The summed E-state index contributed by atoms with van der Waals surface area (Å²) in [6.07, 6.45) is 0.805. The SMILES string of the molecule is Cc1cc(C(=O)Nc2ccccc2Cc2ccccc2)sc1C. The Hall–Kier alpha value is -2.39. The summed E-state index contributed by atoms with van der Waals surface area (Å²) in [6.45, 7) is 4.08. The first-order chi connectivity index (χ1) is 11.1. The summed E-state index contributed by atoms with van der Waals surface area (Å²) in [5.41, 5.74) is 4.40. The van der Waals surface area contributed by atoms with E-state index in [1.807, 2.05) is 56.3 Å². The van der Waals surface area contributed by atoms with Gasteiger partial charge in [0.25, 0.3) is 5.91 Å². The molecule has 1 N–H and O–H groups in total. The molecule has 0 unspecified atom stereocenters. The van der Waals surface area contributed by atoms with Crippen LogP contribution in [0.5, 0.6) is 0 Å². The average molecular weight is 321 g/mol. The Morgan fingerprint density at radius 1 is 1.00 bits per heavy atom. The molecular formula is C20H19NOS. The molecule has 1 amide bonds. The van der Waals surface area contributed by atoms with Crippen molar-refractivity contribution in [2.24, 2.45) is 0 Å². The number of amides is 1. The molecule has 0 saturated carbocycles. The van der Waals surface area contributed by atoms with Gasteiger partial charge in [0.1, 0.15) is 0 Å². The van der Waals surface area contributed by atoms with E-state index in [1.54, 1.807) is 0 Å². The Balaban J connectivity index is 1.81. The first kappa shape index (κ1) is 15.5. The molecule has 2 aromatic carbocycles. The second-order valence-electron chi connectivity index (χ2n) is 5.62. The molecule has 1 heterocycles. The Labute approximate surface area is 140 Å². The Kier molecular flexibility index (Phi) is 4.58. The van der Waals surface area contributed by atoms with Crippen LogP contribution >= 0.6 is 11.3 Å². The third kappa shape index (κ3) is 3.69. The fourth-order valence-corrected chi connectivity index (χ4v) is 3.41. The van der Waals surface area contributed by atoms with E-state index in [0.717, 1.165) is 28.1 Å². The van der Waals surface area contributed by atoms with Crippen molar-refractivity contribution in [1.29, 1.82) is 0 Å². The van der Waals surface area contributed by atoms with Crippen LogP contribution in [-0.4, -0.2) is 5.91 Å². The van der Waals surface area contributed by atoms with Crippen LogP contribution in [0.25, 0.3) is 0 Å². The maximum Gasteiger partial charge on any atom is 0.265 e. The lowest BCUT2D eigenvalue weighted by Crippen LogP contribution is -2.12. The van der Waals surface area contributed by atoms with Gasteiger partial charge in [-0.05, 0) is 49.1 Å². The molecule has 23 heavy (non-hydrogen) atoms. The fraction of sp³-hybridized carbons (Fsp3) is 0.150. The molecule has 2 nitrogen and oxygen atoms in total. The predicted molar refractivity (Wildman–Crippen MR) is 97.4 cm³/mol. The first-order valence-corrected chi connectivity index (χ1v) is 8.45. The first-order valence-electron chi connectivity index (χ1n) is 7.63. The second-order valence-corrected chi connectivity index (χ2v) is 6.88. The molecule has 0 aliphatic rings. The Bertz CT molecular complexity index is 801. The summed E-state index contributed by atoms with van der Waals surface area (Å²) in [7, 11) is 0. The molecule has 3 aromatic rings. The van der Waals surface area contributed by atoms with Gasteiger partial charge in [-0.1, -0.05) is 48.5 Å². The average Bonchev–Trinajstić information content (AvgIpc) is 2.90. The van der Waals surface area contributed by atoms with Crippen molar-refractivity contribution >= 4 is 22.9 Å². The van der Waals surface area contributed by atoms with Crippen molar-refractivity contribution in [2.45, 2.75) is 20.3 Å². The maximum absolute atomic E-state index is 12.5. The minimum absolute atomic E-state index is 0.0355. The van der Waals surface area contributed by atoms with Crippen LogP contribution in [0, 0.1) is 13.8 Å². The lowest BCUT2D eigenvalue weighted by molar-refractivity contribution is 0.103. The molecule has 0 fully saturated rings. The lowest BCUT2D eigenvalue weighted by atomic mass is 10.0. The summed E-state index contributed by atoms with van der Waals surface area (Å²) in [5.74, 6) is -0.0355. The molecule has 0 atom stereocenters. The van der Waals surface area contributed by atoms with Crippen molar-refractivity contribution in [3.63, 3.8) is 0 Å². The van der Waals surface area contributed by atoms with E-state index < -0.39 is 0 Å². The topological polar surface area (TPSA) is 29.1 Å². The molecule has 3 rings (SSSR count). The van der Waals surface area contributed by atoms with Crippen LogP contribution in [0.3, 0.4) is 0 Å². The highest BCUT2D eigenvalue weighted by Gasteiger charge is 2.12. The van der Waals surface area contributed by atoms with Crippen LogP contribution < -0.4 is 5.32 Å². The molecule has 3 heteroatoms. The number of para-hydroxylation sites is 1. The zero-order chi connectivity index (χ0) is 16.2. The number of thiophene rings is 1. The fourth-order valence-electron chi connectivity index (χ4n) is 2.48. The predicted octanol–water partition coefficient (Wildman–Crippen LogP) is 5.21. The quantitative estimate of drug-likeness (QED) is 0.702. The number of aryl methyl sites for hydroxylation is 2. The van der Waals surface area contributed by atoms with E-state index in [4.69, 9.17) is 0 Å². The molecule has 0 spiro atoms. The van der Waals surface area contributed by atoms with Crippen LogP contribution in [-0.2, 0) is 6.42 Å². The van der Waals surface area contributed by atoms with Crippen LogP contribution in [0.1, 0.15) is 31.2 Å². The zero-order valence-electron chi connectivity index (χ0n) is 13.3. The number of carbonyl (C=O) groups excluding carboxylic acids is 1. The van der Waals surface area contributed by atoms with Gasteiger partial charge in [-0.15, -0.1) is 11.3 Å². The number of nitrogens with one attached hydrogen (secondary N) is 1. The van der Waals surface area contributed by atoms with Crippen LogP contribution in [0.2, 0.25) is 0 Å². The van der Waals surface area contributed by atoms with Gasteiger partial charge in [0.15, 0.2) is 0 Å². The standard InChI is InChI=1S/C20H19NOS/c1-14-12-19(23-15(14)2)20(22)21-18-11-7-6-10-17(18)13-16-8-4-3-5-9-16/h3-12H,13H2,1-2H3,(H,21,22). The van der Waals surface area contributed by atoms with Gasteiger partial charge in [-0.3, -0.25) is 4.79 Å². The molecular weight excluding hydrogens is 302 g/mol. The number of hydrogen-bond acceptors (Lipinski definition) is 2. The van der Waals surface area contributed by atoms with E-state index in [-0.39, 0.29) is 5.91 Å². The van der Waals surface area contributed by atoms with Gasteiger partial charge in [-0.2, -0.15) is 0 Å². The van der Waals surface area contributed by atoms with Gasteiger partial charge in [0.05, 0.1) is 4.88 Å². The van der Waals surface area contributed by atoms with Gasteiger partial charge in [0.2, 0.25) is 0 Å². The Morgan fingerprint density at radius 2 is 1.70 bits per heavy atom. The highest BCUT2D eigenvalue weighted by molar-refractivity contribution is 7.14. The summed E-state index contributed by atoms with van der Waals surface area (Å²) in [5, 5.41) is 3.06. The molecule has 0 radical (unpaired) electrons. The lowest BCUT2D eigenvalue weighted by Gasteiger charge is -2.10. The number of benzene rings is 2. The minimum Gasteiger partial charge on any atom is -0.321 e. The molecule has 0 aliphatic heterocycles. The Morgan fingerprint density at radius 3 is 2.39 bits per heavy atom. The summed E-state index contributed by atoms with van der Waals surface area (Å²) < 4.78 is 0. The van der Waals surface area contributed by atoms with E-state index in [0.29, 0.717) is 0 Å². The third-order valence-electron chi connectivity index (χ3n) is 3.89. The van der Waals surface area contributed by atoms with Gasteiger partial charge in [0, 0.05) is 10.6 Å². The van der Waals surface area contributed by atoms with Crippen molar-refractivity contribution in [1.82, 2.24) is 0 Å². The highest BCUT2D eigenvalue weighted by atomic mass is 32.1. The summed E-state index contributed by atoms with van der Waals surface area (Å²) in [4.78, 5) is 14.4. The van der Waals surface area contributed by atoms with Crippen LogP contribution in [0.15, 0.2) is 60.7 Å². The normalized spacial score (nSPS) is 10.5. The monoisotopic (exact) mass is 321 g/mol. The zero-order valence-corrected chi connectivity index (χ0v) is 14.1. The van der Waals surface area contributed by atoms with Gasteiger partial charge >= 0.3 is 0 Å². The van der Waals surface area contributed by atoms with Crippen LogP contribution in [0.4, 0.5) is 5.69 Å². The van der Waals surface area contributed by atoms with E-state index >= 15 is 0 Å². The minimum atomic E-state index is -0.0355. The van der Waals surface area contributed by atoms with E-state index in [2.05, 4.69) is 23.5 Å². The molecule has 0 aliphatic carbocycles. The van der Waals surface area contributed by atoms with Crippen molar-refractivity contribution in [3.8, 4) is 0 Å². The van der Waals surface area contributed by atoms with E-state index in [9.17, 15) is 4.79 Å². The number of hydrogen-bond donors (Lipinski definition) is 1. The second kappa shape index (κ2) is 6.80. The van der Waals surface area contributed by atoms with Crippen molar-refractivity contribution in [2.75, 3.05) is 5.32 Å². The summed E-state index contributed by atoms with van der Waals surface area (Å²) >= 11 is 1.54.